The minimum atomic E-state index is -0.0722. The average Bonchev–Trinajstić information content (AvgIpc) is 2.66. The molecule has 0 bridgehead atoms. The van der Waals surface area contributed by atoms with E-state index in [0.717, 1.165) is 17.1 Å². The number of benzene rings is 1. The number of anilines is 2. The molecule has 0 saturated heterocycles. The van der Waals surface area contributed by atoms with Crippen molar-refractivity contribution in [3.05, 3.63) is 40.7 Å². The molecule has 2 aromatic rings. The fourth-order valence-electron chi connectivity index (χ4n) is 1.91. The maximum absolute atomic E-state index is 12.3. The highest BCUT2D eigenvalue weighted by Crippen LogP contribution is 2.20. The van der Waals surface area contributed by atoms with Crippen LogP contribution in [0.25, 0.3) is 0 Å². The molecule has 0 aliphatic heterocycles. The van der Waals surface area contributed by atoms with Gasteiger partial charge in [0.2, 0.25) is 5.91 Å². The highest BCUT2D eigenvalue weighted by molar-refractivity contribution is 6.31. The highest BCUT2D eigenvalue weighted by atomic mass is 35.5. The standard InChI is InChI=1S/C14H17ClN4O/c1-9-14(15)10(2)19(17-9)8-13(20)18(3)12-6-4-11(16)5-7-12/h4-7H,8,16H2,1-3H3. The van der Waals surface area contributed by atoms with Gasteiger partial charge in [-0.3, -0.25) is 9.48 Å². The molecule has 0 radical (unpaired) electrons. The van der Waals surface area contributed by atoms with Gasteiger partial charge in [0.15, 0.2) is 0 Å². The van der Waals surface area contributed by atoms with E-state index >= 15 is 0 Å². The summed E-state index contributed by atoms with van der Waals surface area (Å²) in [5, 5.41) is 4.86. The largest absolute Gasteiger partial charge is 0.399 e. The molecule has 0 fully saturated rings. The van der Waals surface area contributed by atoms with Gasteiger partial charge in [0.05, 0.1) is 16.4 Å². The second kappa shape index (κ2) is 5.54. The van der Waals surface area contributed by atoms with Crippen LogP contribution < -0.4 is 10.6 Å². The number of likely N-dealkylation sites (N-methyl/N-ethyl adjacent to an activating group) is 1. The van der Waals surface area contributed by atoms with Crippen LogP contribution in [0.3, 0.4) is 0 Å². The zero-order valence-electron chi connectivity index (χ0n) is 11.7. The lowest BCUT2D eigenvalue weighted by atomic mass is 10.2. The number of hydrogen-bond acceptors (Lipinski definition) is 3. The SMILES string of the molecule is Cc1nn(CC(=O)N(C)c2ccc(N)cc2)c(C)c1Cl. The number of hydrogen-bond donors (Lipinski definition) is 1. The first-order chi connectivity index (χ1) is 9.40. The van der Waals surface area contributed by atoms with E-state index in [2.05, 4.69) is 5.10 Å². The smallest absolute Gasteiger partial charge is 0.248 e. The monoisotopic (exact) mass is 292 g/mol. The zero-order valence-corrected chi connectivity index (χ0v) is 12.5. The maximum atomic E-state index is 12.3. The molecule has 2 rings (SSSR count). The normalized spacial score (nSPS) is 10.6. The van der Waals surface area contributed by atoms with Gasteiger partial charge in [0.25, 0.3) is 0 Å². The third-order valence-corrected chi connectivity index (χ3v) is 3.78. The van der Waals surface area contributed by atoms with Crippen LogP contribution in [0, 0.1) is 13.8 Å². The van der Waals surface area contributed by atoms with Crippen molar-refractivity contribution in [1.82, 2.24) is 9.78 Å². The predicted molar refractivity (Wildman–Crippen MR) is 81.0 cm³/mol. The molecule has 6 heteroatoms. The van der Waals surface area contributed by atoms with Crippen LogP contribution in [0.4, 0.5) is 11.4 Å². The molecule has 1 amide bonds. The Morgan fingerprint density at radius 2 is 1.95 bits per heavy atom. The first-order valence-corrected chi connectivity index (χ1v) is 6.59. The Morgan fingerprint density at radius 1 is 1.35 bits per heavy atom. The summed E-state index contributed by atoms with van der Waals surface area (Å²) in [7, 11) is 1.72. The Bertz CT molecular complexity index is 633. The van der Waals surface area contributed by atoms with Crippen molar-refractivity contribution in [2.75, 3.05) is 17.7 Å². The number of nitrogen functional groups attached to an aromatic ring is 1. The summed E-state index contributed by atoms with van der Waals surface area (Å²) in [6.07, 6.45) is 0. The molecule has 1 heterocycles. The number of aryl methyl sites for hydroxylation is 1. The molecule has 1 aromatic carbocycles. The summed E-state index contributed by atoms with van der Waals surface area (Å²) in [6.45, 7) is 3.82. The number of amides is 1. The maximum Gasteiger partial charge on any atom is 0.248 e. The van der Waals surface area contributed by atoms with E-state index in [0.29, 0.717) is 10.7 Å². The number of rotatable bonds is 3. The van der Waals surface area contributed by atoms with Gasteiger partial charge in [-0.2, -0.15) is 5.10 Å². The van der Waals surface area contributed by atoms with Crippen molar-refractivity contribution < 1.29 is 4.79 Å². The third kappa shape index (κ3) is 2.77. The second-order valence-electron chi connectivity index (χ2n) is 4.69. The molecule has 106 valence electrons. The summed E-state index contributed by atoms with van der Waals surface area (Å²) in [4.78, 5) is 13.8. The minimum absolute atomic E-state index is 0.0722. The lowest BCUT2D eigenvalue weighted by Gasteiger charge is -2.18. The van der Waals surface area contributed by atoms with E-state index < -0.39 is 0 Å². The van der Waals surface area contributed by atoms with Crippen molar-refractivity contribution in [2.24, 2.45) is 0 Å². The van der Waals surface area contributed by atoms with Gasteiger partial charge in [0, 0.05) is 18.4 Å². The first kappa shape index (κ1) is 14.4. The molecule has 0 unspecified atom stereocenters. The van der Waals surface area contributed by atoms with E-state index in [9.17, 15) is 4.79 Å². The van der Waals surface area contributed by atoms with E-state index in [1.54, 1.807) is 40.9 Å². The van der Waals surface area contributed by atoms with Crippen molar-refractivity contribution in [1.29, 1.82) is 0 Å². The summed E-state index contributed by atoms with van der Waals surface area (Å²) in [5.74, 6) is -0.0722. The van der Waals surface area contributed by atoms with Gasteiger partial charge in [-0.15, -0.1) is 0 Å². The molecule has 0 aliphatic rings. The molecule has 2 N–H and O–H groups in total. The zero-order chi connectivity index (χ0) is 14.9. The lowest BCUT2D eigenvalue weighted by molar-refractivity contribution is -0.119. The van der Waals surface area contributed by atoms with E-state index in [1.807, 2.05) is 13.8 Å². The minimum Gasteiger partial charge on any atom is -0.399 e. The van der Waals surface area contributed by atoms with Gasteiger partial charge < -0.3 is 10.6 Å². The number of halogens is 1. The molecule has 1 aromatic heterocycles. The highest BCUT2D eigenvalue weighted by Gasteiger charge is 2.15. The summed E-state index contributed by atoms with van der Waals surface area (Å²) in [6, 6.07) is 7.14. The van der Waals surface area contributed by atoms with Gasteiger partial charge in [-0.05, 0) is 38.1 Å². The molecule has 0 aliphatic carbocycles. The van der Waals surface area contributed by atoms with Gasteiger partial charge >= 0.3 is 0 Å². The molecular formula is C14H17ClN4O. The van der Waals surface area contributed by atoms with Crippen molar-refractivity contribution in [3.63, 3.8) is 0 Å². The molecule has 0 atom stereocenters. The summed E-state index contributed by atoms with van der Waals surface area (Å²) >= 11 is 6.07. The van der Waals surface area contributed by atoms with E-state index in [4.69, 9.17) is 17.3 Å². The molecule has 0 spiro atoms. The Kier molecular flexibility index (Phi) is 3.99. The fourth-order valence-corrected chi connectivity index (χ4v) is 2.04. The van der Waals surface area contributed by atoms with Crippen LogP contribution in [0.5, 0.6) is 0 Å². The van der Waals surface area contributed by atoms with Gasteiger partial charge in [-0.1, -0.05) is 11.6 Å². The first-order valence-electron chi connectivity index (χ1n) is 6.21. The van der Waals surface area contributed by atoms with Crippen LogP contribution >= 0.6 is 11.6 Å². The van der Waals surface area contributed by atoms with E-state index in [1.165, 1.54) is 0 Å². The van der Waals surface area contributed by atoms with Crippen LogP contribution in [0.2, 0.25) is 5.02 Å². The lowest BCUT2D eigenvalue weighted by Crippen LogP contribution is -2.30. The van der Waals surface area contributed by atoms with Crippen molar-refractivity contribution in [2.45, 2.75) is 20.4 Å². The Balaban J connectivity index is 2.15. The van der Waals surface area contributed by atoms with Gasteiger partial charge in [-0.25, -0.2) is 0 Å². The van der Waals surface area contributed by atoms with Crippen LogP contribution in [0.1, 0.15) is 11.4 Å². The molecular weight excluding hydrogens is 276 g/mol. The van der Waals surface area contributed by atoms with Crippen molar-refractivity contribution >= 4 is 28.9 Å². The fraction of sp³-hybridized carbons (Fsp3) is 0.286. The Morgan fingerprint density at radius 3 is 2.45 bits per heavy atom. The van der Waals surface area contributed by atoms with Crippen LogP contribution in [-0.4, -0.2) is 22.7 Å². The Labute approximate surface area is 122 Å². The number of carbonyl (C=O) groups is 1. The Hall–Kier alpha value is -2.01. The van der Waals surface area contributed by atoms with Crippen molar-refractivity contribution in [3.8, 4) is 0 Å². The molecule has 0 saturated carbocycles. The molecule has 20 heavy (non-hydrogen) atoms. The van der Waals surface area contributed by atoms with Crippen LogP contribution in [-0.2, 0) is 11.3 Å². The third-order valence-electron chi connectivity index (χ3n) is 3.23. The molecule has 5 nitrogen and oxygen atoms in total. The predicted octanol–water partition coefficient (Wildman–Crippen LogP) is 2.40. The average molecular weight is 293 g/mol. The quantitative estimate of drug-likeness (QED) is 0.884. The second-order valence-corrected chi connectivity index (χ2v) is 5.06. The number of nitrogens with zero attached hydrogens (tertiary/aromatic N) is 3. The van der Waals surface area contributed by atoms with Crippen LogP contribution in [0.15, 0.2) is 24.3 Å². The summed E-state index contributed by atoms with van der Waals surface area (Å²) < 4.78 is 1.62. The topological polar surface area (TPSA) is 64.2 Å². The summed E-state index contributed by atoms with van der Waals surface area (Å²) in [5.41, 5.74) is 8.61. The number of carbonyl (C=O) groups excluding carboxylic acids is 1. The number of nitrogens with two attached hydrogens (primary N) is 1. The van der Waals surface area contributed by atoms with Gasteiger partial charge in [0.1, 0.15) is 6.54 Å². The van der Waals surface area contributed by atoms with E-state index in [-0.39, 0.29) is 12.5 Å². The number of aromatic nitrogens is 2.